The molecule has 1 aromatic carbocycles. The molecule has 0 saturated heterocycles. The van der Waals surface area contributed by atoms with Gasteiger partial charge in [0.1, 0.15) is 5.75 Å². The zero-order valence-electron chi connectivity index (χ0n) is 9.82. The van der Waals surface area contributed by atoms with Gasteiger partial charge >= 0.3 is 0 Å². The third-order valence-corrected chi connectivity index (χ3v) is 3.12. The first-order chi connectivity index (χ1) is 9.11. The van der Waals surface area contributed by atoms with Crippen molar-refractivity contribution in [1.82, 2.24) is 15.2 Å². The van der Waals surface area contributed by atoms with Crippen LogP contribution in [0.5, 0.6) is 5.75 Å². The fraction of sp³-hybridized carbons (Fsp3) is 0.182. The zero-order chi connectivity index (χ0) is 13.8. The highest BCUT2D eigenvalue weighted by Gasteiger charge is 2.10. The van der Waals surface area contributed by atoms with Crippen LogP contribution in [0.25, 0.3) is 0 Å². The molecular formula is C11H9Cl3N4O. The Morgan fingerprint density at radius 1 is 1.21 bits per heavy atom. The highest BCUT2D eigenvalue weighted by Crippen LogP contribution is 2.27. The molecule has 0 atom stereocenters. The number of benzene rings is 1. The highest BCUT2D eigenvalue weighted by molar-refractivity contribution is 6.32. The molecule has 5 nitrogen and oxygen atoms in total. The fourth-order valence-electron chi connectivity index (χ4n) is 1.48. The summed E-state index contributed by atoms with van der Waals surface area (Å²) in [5.41, 5.74) is 0.789. The topological polar surface area (TPSA) is 59.9 Å². The Balaban J connectivity index is 2.21. The molecule has 0 aliphatic rings. The van der Waals surface area contributed by atoms with Crippen molar-refractivity contribution in [2.45, 2.75) is 6.54 Å². The zero-order valence-corrected chi connectivity index (χ0v) is 12.1. The molecule has 19 heavy (non-hydrogen) atoms. The van der Waals surface area contributed by atoms with Crippen molar-refractivity contribution in [2.24, 2.45) is 0 Å². The van der Waals surface area contributed by atoms with Crippen molar-refractivity contribution in [3.8, 4) is 5.75 Å². The Bertz CT molecular complexity index is 594. The summed E-state index contributed by atoms with van der Waals surface area (Å²) in [6, 6.07) is 5.39. The largest absolute Gasteiger partial charge is 0.496 e. The third-order valence-electron chi connectivity index (χ3n) is 2.35. The molecule has 0 amide bonds. The summed E-state index contributed by atoms with van der Waals surface area (Å²) < 4.78 is 5.24. The number of rotatable bonds is 4. The number of aromatic nitrogens is 3. The number of ether oxygens (including phenoxy) is 1. The first-order valence-corrected chi connectivity index (χ1v) is 6.36. The number of anilines is 1. The van der Waals surface area contributed by atoms with E-state index in [0.717, 1.165) is 5.56 Å². The molecule has 0 spiro atoms. The van der Waals surface area contributed by atoms with E-state index >= 15 is 0 Å². The Hall–Kier alpha value is -1.30. The Labute approximate surface area is 124 Å². The molecular weight excluding hydrogens is 311 g/mol. The van der Waals surface area contributed by atoms with Crippen molar-refractivity contribution in [1.29, 1.82) is 0 Å². The predicted molar refractivity (Wildman–Crippen MR) is 75.2 cm³/mol. The minimum atomic E-state index is 0.0121. The van der Waals surface area contributed by atoms with E-state index in [9.17, 15) is 0 Å². The lowest BCUT2D eigenvalue weighted by Gasteiger charge is -2.12. The Morgan fingerprint density at radius 2 is 2.00 bits per heavy atom. The molecule has 0 aliphatic carbocycles. The smallest absolute Gasteiger partial charge is 0.245 e. The molecule has 0 aliphatic heterocycles. The summed E-state index contributed by atoms with van der Waals surface area (Å²) in [6.45, 7) is 0.373. The summed E-state index contributed by atoms with van der Waals surface area (Å²) in [4.78, 5) is 3.94. The van der Waals surface area contributed by atoms with Gasteiger partial charge in [0.05, 0.1) is 7.11 Å². The van der Waals surface area contributed by atoms with Crippen molar-refractivity contribution >= 4 is 40.6 Å². The van der Waals surface area contributed by atoms with Crippen molar-refractivity contribution < 1.29 is 4.74 Å². The number of methoxy groups -OCH3 is 1. The SMILES string of the molecule is COc1cccc(Cl)c1CNc1nc(Cl)nnc1Cl. The molecule has 0 radical (unpaired) electrons. The quantitative estimate of drug-likeness (QED) is 0.935. The van der Waals surface area contributed by atoms with Crippen LogP contribution in [0.4, 0.5) is 5.82 Å². The van der Waals surface area contributed by atoms with Gasteiger partial charge in [-0.15, -0.1) is 10.2 Å². The minimum absolute atomic E-state index is 0.0121. The van der Waals surface area contributed by atoms with Crippen LogP contribution < -0.4 is 10.1 Å². The van der Waals surface area contributed by atoms with Crippen molar-refractivity contribution in [2.75, 3.05) is 12.4 Å². The van der Waals surface area contributed by atoms with Gasteiger partial charge in [0, 0.05) is 17.1 Å². The van der Waals surface area contributed by atoms with E-state index in [1.54, 1.807) is 19.2 Å². The normalized spacial score (nSPS) is 10.3. The van der Waals surface area contributed by atoms with Gasteiger partial charge in [0.25, 0.3) is 0 Å². The summed E-state index contributed by atoms with van der Waals surface area (Å²) in [6.07, 6.45) is 0. The summed E-state index contributed by atoms with van der Waals surface area (Å²) in [7, 11) is 1.57. The molecule has 1 N–H and O–H groups in total. The molecule has 1 heterocycles. The second-order valence-corrected chi connectivity index (χ2v) is 4.60. The molecule has 0 bridgehead atoms. The first-order valence-electron chi connectivity index (χ1n) is 5.22. The lowest BCUT2D eigenvalue weighted by atomic mass is 10.2. The number of halogens is 3. The van der Waals surface area contributed by atoms with Gasteiger partial charge in [0.2, 0.25) is 5.28 Å². The fourth-order valence-corrected chi connectivity index (χ4v) is 1.98. The molecule has 100 valence electrons. The monoisotopic (exact) mass is 318 g/mol. The number of nitrogens with one attached hydrogen (secondary N) is 1. The van der Waals surface area contributed by atoms with Crippen LogP contribution in [0.15, 0.2) is 18.2 Å². The van der Waals surface area contributed by atoms with Gasteiger partial charge < -0.3 is 10.1 Å². The summed E-state index contributed by atoms with van der Waals surface area (Å²) >= 11 is 17.6. The average Bonchev–Trinajstić information content (AvgIpc) is 2.40. The molecule has 2 rings (SSSR count). The number of nitrogens with zero attached hydrogens (tertiary/aromatic N) is 3. The molecule has 0 fully saturated rings. The van der Waals surface area contributed by atoms with E-state index < -0.39 is 0 Å². The third kappa shape index (κ3) is 3.37. The van der Waals surface area contributed by atoms with Gasteiger partial charge in [-0.05, 0) is 23.7 Å². The van der Waals surface area contributed by atoms with E-state index in [1.165, 1.54) is 0 Å². The van der Waals surface area contributed by atoms with Gasteiger partial charge in [-0.1, -0.05) is 29.3 Å². The van der Waals surface area contributed by atoms with E-state index in [0.29, 0.717) is 23.1 Å². The van der Waals surface area contributed by atoms with Gasteiger partial charge in [-0.2, -0.15) is 4.98 Å². The van der Waals surface area contributed by atoms with E-state index in [2.05, 4.69) is 20.5 Å². The van der Waals surface area contributed by atoms with E-state index in [1.807, 2.05) is 6.07 Å². The second-order valence-electron chi connectivity index (χ2n) is 3.49. The van der Waals surface area contributed by atoms with E-state index in [-0.39, 0.29) is 10.4 Å². The summed E-state index contributed by atoms with van der Waals surface area (Å²) in [5.74, 6) is 1.01. The maximum absolute atomic E-state index is 6.12. The molecule has 1 aromatic heterocycles. The van der Waals surface area contributed by atoms with Crippen LogP contribution in [0.2, 0.25) is 15.5 Å². The summed E-state index contributed by atoms with van der Waals surface area (Å²) in [5, 5.41) is 10.9. The van der Waals surface area contributed by atoms with Crippen LogP contribution in [-0.4, -0.2) is 22.3 Å². The average molecular weight is 320 g/mol. The number of hydrogen-bond donors (Lipinski definition) is 1. The first kappa shape index (κ1) is 14.1. The molecule has 0 saturated carbocycles. The van der Waals surface area contributed by atoms with E-state index in [4.69, 9.17) is 39.5 Å². The molecule has 8 heteroatoms. The van der Waals surface area contributed by atoms with Gasteiger partial charge in [-0.25, -0.2) is 0 Å². The minimum Gasteiger partial charge on any atom is -0.496 e. The van der Waals surface area contributed by atoms with Crippen LogP contribution in [0.1, 0.15) is 5.56 Å². The maximum atomic E-state index is 6.12. The highest BCUT2D eigenvalue weighted by atomic mass is 35.5. The van der Waals surface area contributed by atoms with Crippen LogP contribution in [0.3, 0.4) is 0 Å². The van der Waals surface area contributed by atoms with Gasteiger partial charge in [0.15, 0.2) is 11.0 Å². The lowest BCUT2D eigenvalue weighted by molar-refractivity contribution is 0.410. The molecule has 2 aromatic rings. The van der Waals surface area contributed by atoms with Gasteiger partial charge in [-0.3, -0.25) is 0 Å². The standard InChI is InChI=1S/C11H9Cl3N4O/c1-19-8-4-2-3-7(12)6(8)5-15-10-9(13)17-18-11(14)16-10/h2-4H,5H2,1H3,(H,15,16,18). The molecule has 0 unspecified atom stereocenters. The van der Waals surface area contributed by atoms with Crippen LogP contribution in [0, 0.1) is 0 Å². The lowest BCUT2D eigenvalue weighted by Crippen LogP contribution is -2.06. The Morgan fingerprint density at radius 3 is 2.74 bits per heavy atom. The van der Waals surface area contributed by atoms with Crippen LogP contribution >= 0.6 is 34.8 Å². The second kappa shape index (κ2) is 6.23. The predicted octanol–water partition coefficient (Wildman–Crippen LogP) is 3.45. The maximum Gasteiger partial charge on any atom is 0.245 e. The van der Waals surface area contributed by atoms with Crippen molar-refractivity contribution in [3.63, 3.8) is 0 Å². The van der Waals surface area contributed by atoms with Crippen LogP contribution in [-0.2, 0) is 6.54 Å². The number of hydrogen-bond acceptors (Lipinski definition) is 5. The Kier molecular flexibility index (Phi) is 4.63. The van der Waals surface area contributed by atoms with Crippen molar-refractivity contribution in [3.05, 3.63) is 39.2 Å².